The lowest BCUT2D eigenvalue weighted by Gasteiger charge is -2.34. The van der Waals surface area contributed by atoms with E-state index in [1.165, 1.54) is 0 Å². The Morgan fingerprint density at radius 1 is 1.41 bits per heavy atom. The summed E-state index contributed by atoms with van der Waals surface area (Å²) in [5.41, 5.74) is 2.16. The van der Waals surface area contributed by atoms with Crippen LogP contribution in [-0.4, -0.2) is 50.8 Å². The lowest BCUT2D eigenvalue weighted by Crippen LogP contribution is -2.39. The Morgan fingerprint density at radius 2 is 2.14 bits per heavy atom. The van der Waals surface area contributed by atoms with E-state index in [9.17, 15) is 9.90 Å². The third-order valence-electron chi connectivity index (χ3n) is 4.79. The average Bonchev–Trinajstić information content (AvgIpc) is 2.94. The van der Waals surface area contributed by atoms with Gasteiger partial charge in [-0.15, -0.1) is 0 Å². The summed E-state index contributed by atoms with van der Waals surface area (Å²) in [5, 5.41) is 17.1. The molecule has 0 atom stereocenters. The van der Waals surface area contributed by atoms with Crippen molar-refractivity contribution in [3.63, 3.8) is 0 Å². The molecule has 22 heavy (non-hydrogen) atoms. The number of fused-ring (bicyclic) bond motifs is 1. The van der Waals surface area contributed by atoms with Crippen LogP contribution < -0.4 is 0 Å². The molecule has 1 aliphatic rings. The summed E-state index contributed by atoms with van der Waals surface area (Å²) in [6, 6.07) is 2.11. The van der Waals surface area contributed by atoms with Crippen LogP contribution in [-0.2, 0) is 0 Å². The number of aromatic nitrogens is 3. The molecule has 6 nitrogen and oxygen atoms in total. The van der Waals surface area contributed by atoms with Crippen molar-refractivity contribution in [2.24, 2.45) is 5.92 Å². The average molecular weight is 302 g/mol. The number of amides is 1. The summed E-state index contributed by atoms with van der Waals surface area (Å²) >= 11 is 0. The van der Waals surface area contributed by atoms with Crippen molar-refractivity contribution in [1.29, 1.82) is 0 Å². The normalized spacial score (nSPS) is 22.0. The molecule has 2 heterocycles. The van der Waals surface area contributed by atoms with Crippen LogP contribution in [0, 0.1) is 12.8 Å². The summed E-state index contributed by atoms with van der Waals surface area (Å²) in [6.45, 7) is 2.18. The van der Waals surface area contributed by atoms with Crippen molar-refractivity contribution in [1.82, 2.24) is 20.1 Å². The van der Waals surface area contributed by atoms with Gasteiger partial charge in [0.25, 0.3) is 5.91 Å². The zero-order chi connectivity index (χ0) is 15.7. The summed E-state index contributed by atoms with van der Waals surface area (Å²) in [7, 11) is 1.86. The van der Waals surface area contributed by atoms with Gasteiger partial charge < -0.3 is 10.0 Å². The van der Waals surface area contributed by atoms with Crippen LogP contribution in [0.3, 0.4) is 0 Å². The van der Waals surface area contributed by atoms with Crippen molar-refractivity contribution in [2.75, 3.05) is 13.7 Å². The van der Waals surface area contributed by atoms with Gasteiger partial charge in [0, 0.05) is 37.0 Å². The standard InChI is InChI=1S/C16H22N4O2/c1-10-14-7-12(8-17-15(14)19-18-10)16(22)20(2)13-5-3-11(9-21)4-6-13/h7-8,11,13,21H,3-6,9H2,1-2H3,(H,17,18,19). The molecule has 2 aromatic rings. The molecule has 1 amide bonds. The molecule has 1 fully saturated rings. The van der Waals surface area contributed by atoms with Gasteiger partial charge in [-0.2, -0.15) is 5.10 Å². The predicted octanol–water partition coefficient (Wildman–Crippen LogP) is 1.89. The SMILES string of the molecule is Cc1[nH]nc2ncc(C(=O)N(C)C3CCC(CO)CC3)cc12. The second-order valence-electron chi connectivity index (χ2n) is 6.22. The first-order valence-electron chi connectivity index (χ1n) is 7.79. The van der Waals surface area contributed by atoms with Crippen LogP contribution in [0.4, 0.5) is 0 Å². The van der Waals surface area contributed by atoms with E-state index in [1.807, 2.05) is 24.9 Å². The zero-order valence-electron chi connectivity index (χ0n) is 13.0. The first-order chi connectivity index (χ1) is 10.6. The molecule has 0 aliphatic heterocycles. The quantitative estimate of drug-likeness (QED) is 0.907. The molecule has 118 valence electrons. The van der Waals surface area contributed by atoms with Gasteiger partial charge in [-0.05, 0) is 44.6 Å². The van der Waals surface area contributed by atoms with Crippen molar-refractivity contribution in [3.8, 4) is 0 Å². The molecular formula is C16H22N4O2. The topological polar surface area (TPSA) is 82.1 Å². The molecule has 1 aliphatic carbocycles. The fourth-order valence-electron chi connectivity index (χ4n) is 3.22. The molecule has 0 radical (unpaired) electrons. The molecular weight excluding hydrogens is 280 g/mol. The second-order valence-corrected chi connectivity index (χ2v) is 6.22. The number of aliphatic hydroxyl groups excluding tert-OH is 1. The van der Waals surface area contributed by atoms with Gasteiger partial charge in [0.05, 0.1) is 5.56 Å². The van der Waals surface area contributed by atoms with Crippen LogP contribution in [0.25, 0.3) is 11.0 Å². The molecule has 2 aromatic heterocycles. The van der Waals surface area contributed by atoms with Crippen LogP contribution >= 0.6 is 0 Å². The number of aliphatic hydroxyl groups is 1. The number of carbonyl (C=O) groups excluding carboxylic acids is 1. The number of nitrogens with zero attached hydrogens (tertiary/aromatic N) is 3. The number of H-pyrrole nitrogens is 1. The zero-order valence-corrected chi connectivity index (χ0v) is 13.0. The van der Waals surface area contributed by atoms with Gasteiger partial charge in [-0.3, -0.25) is 9.89 Å². The van der Waals surface area contributed by atoms with Gasteiger partial charge in [0.2, 0.25) is 0 Å². The minimum atomic E-state index is 0.00227. The Morgan fingerprint density at radius 3 is 2.82 bits per heavy atom. The van der Waals surface area contributed by atoms with E-state index < -0.39 is 0 Å². The molecule has 0 saturated heterocycles. The fraction of sp³-hybridized carbons (Fsp3) is 0.562. The third-order valence-corrected chi connectivity index (χ3v) is 4.79. The third kappa shape index (κ3) is 2.70. The molecule has 2 N–H and O–H groups in total. The Hall–Kier alpha value is -1.95. The Balaban J connectivity index is 1.75. The lowest BCUT2D eigenvalue weighted by atomic mass is 9.86. The van der Waals surface area contributed by atoms with E-state index in [-0.39, 0.29) is 18.6 Å². The van der Waals surface area contributed by atoms with Crippen LogP contribution in [0.2, 0.25) is 0 Å². The summed E-state index contributed by atoms with van der Waals surface area (Å²) in [6.07, 6.45) is 5.47. The number of rotatable bonds is 3. The summed E-state index contributed by atoms with van der Waals surface area (Å²) in [4.78, 5) is 18.8. The minimum Gasteiger partial charge on any atom is -0.396 e. The minimum absolute atomic E-state index is 0.00227. The number of pyridine rings is 1. The number of carbonyl (C=O) groups is 1. The lowest BCUT2D eigenvalue weighted by molar-refractivity contribution is 0.0652. The van der Waals surface area contributed by atoms with E-state index in [0.29, 0.717) is 17.1 Å². The summed E-state index contributed by atoms with van der Waals surface area (Å²) < 4.78 is 0. The number of hydrogen-bond acceptors (Lipinski definition) is 4. The van der Waals surface area contributed by atoms with E-state index >= 15 is 0 Å². The molecule has 0 bridgehead atoms. The van der Waals surface area contributed by atoms with Crippen molar-refractivity contribution in [2.45, 2.75) is 38.6 Å². The second kappa shape index (κ2) is 6.04. The first-order valence-corrected chi connectivity index (χ1v) is 7.79. The predicted molar refractivity (Wildman–Crippen MR) is 83.6 cm³/mol. The van der Waals surface area contributed by atoms with E-state index in [4.69, 9.17) is 0 Å². The van der Waals surface area contributed by atoms with Gasteiger partial charge in [-0.1, -0.05) is 0 Å². The largest absolute Gasteiger partial charge is 0.396 e. The van der Waals surface area contributed by atoms with Crippen LogP contribution in [0.5, 0.6) is 0 Å². The smallest absolute Gasteiger partial charge is 0.255 e. The molecule has 3 rings (SSSR count). The molecule has 0 spiro atoms. The van der Waals surface area contributed by atoms with Crippen LogP contribution in [0.15, 0.2) is 12.3 Å². The highest BCUT2D eigenvalue weighted by Gasteiger charge is 2.27. The number of hydrogen-bond donors (Lipinski definition) is 2. The maximum atomic E-state index is 12.7. The first kappa shape index (κ1) is 15.0. The van der Waals surface area contributed by atoms with Crippen molar-refractivity contribution >= 4 is 16.9 Å². The highest BCUT2D eigenvalue weighted by Crippen LogP contribution is 2.27. The van der Waals surface area contributed by atoms with E-state index in [2.05, 4.69) is 15.2 Å². The number of aromatic amines is 1. The highest BCUT2D eigenvalue weighted by molar-refractivity contribution is 5.97. The van der Waals surface area contributed by atoms with Gasteiger partial charge >= 0.3 is 0 Å². The maximum Gasteiger partial charge on any atom is 0.255 e. The molecule has 0 unspecified atom stereocenters. The molecule has 1 saturated carbocycles. The van der Waals surface area contributed by atoms with Gasteiger partial charge in [0.15, 0.2) is 5.65 Å². The highest BCUT2D eigenvalue weighted by atomic mass is 16.3. The van der Waals surface area contributed by atoms with Crippen LogP contribution in [0.1, 0.15) is 41.7 Å². The van der Waals surface area contributed by atoms with E-state index in [0.717, 1.165) is 36.8 Å². The summed E-state index contributed by atoms with van der Waals surface area (Å²) in [5.74, 6) is 0.397. The molecule has 0 aromatic carbocycles. The fourth-order valence-corrected chi connectivity index (χ4v) is 3.22. The van der Waals surface area contributed by atoms with Crippen molar-refractivity contribution < 1.29 is 9.90 Å². The number of aryl methyl sites for hydroxylation is 1. The van der Waals surface area contributed by atoms with Crippen molar-refractivity contribution in [3.05, 3.63) is 23.5 Å². The molecule has 6 heteroatoms. The number of nitrogens with one attached hydrogen (secondary N) is 1. The Bertz CT molecular complexity index is 674. The van der Waals surface area contributed by atoms with E-state index in [1.54, 1.807) is 6.20 Å². The monoisotopic (exact) mass is 302 g/mol. The van der Waals surface area contributed by atoms with Gasteiger partial charge in [0.1, 0.15) is 0 Å². The van der Waals surface area contributed by atoms with Gasteiger partial charge in [-0.25, -0.2) is 4.98 Å². The Labute approximate surface area is 129 Å². The Kier molecular flexibility index (Phi) is 4.11. The maximum absolute atomic E-state index is 12.7.